The van der Waals surface area contributed by atoms with Gasteiger partial charge >= 0.3 is 12.2 Å². The molecule has 0 spiro atoms. The summed E-state index contributed by atoms with van der Waals surface area (Å²) in [5, 5.41) is 22.4. The van der Waals surface area contributed by atoms with Gasteiger partial charge < -0.3 is 45.2 Å². The Hall–Kier alpha value is -6.86. The first-order valence-electron chi connectivity index (χ1n) is 22.6. The monoisotopic (exact) mass is 1180 g/mol. The van der Waals surface area contributed by atoms with Gasteiger partial charge in [0.15, 0.2) is 11.7 Å². The molecule has 8 rings (SSSR count). The molecule has 0 radical (unpaired) electrons. The van der Waals surface area contributed by atoms with E-state index in [4.69, 9.17) is 20.2 Å². The van der Waals surface area contributed by atoms with Gasteiger partial charge in [-0.05, 0) is 146 Å². The lowest BCUT2D eigenvalue weighted by molar-refractivity contribution is 0.0275. The van der Waals surface area contributed by atoms with Gasteiger partial charge in [0, 0.05) is 61.9 Å². The molecule has 2 amide bonds. The van der Waals surface area contributed by atoms with Crippen LogP contribution in [0.2, 0.25) is 0 Å². The van der Waals surface area contributed by atoms with Crippen LogP contribution in [0.3, 0.4) is 0 Å². The summed E-state index contributed by atoms with van der Waals surface area (Å²) in [6.45, 7) is 12.0. The number of fused-ring (bicyclic) bond motifs is 2. The van der Waals surface area contributed by atoms with Crippen LogP contribution in [0.25, 0.3) is 21.8 Å². The molecular weight excluding hydrogens is 1120 g/mol. The lowest BCUT2D eigenvalue weighted by Crippen LogP contribution is -2.33. The second-order valence-electron chi connectivity index (χ2n) is 18.7. The number of rotatable bonds is 9. The predicted molar refractivity (Wildman–Crippen MR) is 300 cm³/mol. The third-order valence-electron chi connectivity index (χ3n) is 10.4. The molecule has 8 aromatic rings. The van der Waals surface area contributed by atoms with Crippen LogP contribution in [0.15, 0.2) is 151 Å². The lowest BCUT2D eigenvalue weighted by atomic mass is 10.0. The van der Waals surface area contributed by atoms with Crippen molar-refractivity contribution in [3.63, 3.8) is 0 Å². The van der Waals surface area contributed by atoms with E-state index in [1.807, 2.05) is 175 Å². The smallest absolute Gasteiger partial charge is 0.410 e. The topological polar surface area (TPSA) is 187 Å². The van der Waals surface area contributed by atoms with Crippen LogP contribution in [0.5, 0.6) is 11.8 Å². The van der Waals surface area contributed by atoms with Crippen molar-refractivity contribution in [1.29, 1.82) is 0 Å². The Balaban J connectivity index is 0.000000193. The number of carbonyl (C=O) groups excluding carboxylic acids is 3. The van der Waals surface area contributed by atoms with Crippen molar-refractivity contribution in [2.45, 2.75) is 65.8 Å². The Bertz CT molecular complexity index is 3140. The molecule has 0 bridgehead atoms. The molecule has 0 aliphatic heterocycles. The van der Waals surface area contributed by atoms with Gasteiger partial charge in [-0.15, -0.1) is 0 Å². The van der Waals surface area contributed by atoms with Gasteiger partial charge in [0.25, 0.3) is 0 Å². The van der Waals surface area contributed by atoms with Crippen molar-refractivity contribution in [3.8, 4) is 11.8 Å². The molecule has 0 saturated carbocycles. The minimum atomic E-state index is -0.538. The number of aromatic nitrogens is 2. The number of halogens is 2. The van der Waals surface area contributed by atoms with Crippen LogP contribution in [-0.2, 0) is 22.6 Å². The fraction of sp³-hybridized carbons (Fsp3) is 0.214. The SMILES string of the molecule is CN(Cc1ccc(N)cc1)C(=O)OC(C)(C)C.CN(Cc1ccc(N=C(c2ccccc2)c2c(O)[nH]c3cc(I)ccc23)cc1)C(=O)OC(C)(C)C.O=C(c1ccccc1)c1c(O)[nH]c2cc(I)ccc12. The number of hydrogen-bond acceptors (Lipinski definition) is 9. The van der Waals surface area contributed by atoms with Crippen LogP contribution < -0.4 is 5.73 Å². The van der Waals surface area contributed by atoms with E-state index in [9.17, 15) is 24.6 Å². The Morgan fingerprint density at radius 3 is 1.44 bits per heavy atom. The van der Waals surface area contributed by atoms with E-state index >= 15 is 0 Å². The summed E-state index contributed by atoms with van der Waals surface area (Å²) in [6.07, 6.45) is -0.690. The van der Waals surface area contributed by atoms with Crippen LogP contribution in [0.4, 0.5) is 21.0 Å². The van der Waals surface area contributed by atoms with Gasteiger partial charge in [-0.2, -0.15) is 0 Å². The lowest BCUT2D eigenvalue weighted by Gasteiger charge is -2.24. The number of ether oxygens (including phenoxy) is 2. The summed E-state index contributed by atoms with van der Waals surface area (Å²) in [4.78, 5) is 50.4. The number of nitrogens with two attached hydrogens (primary N) is 1. The number of ketones is 1. The van der Waals surface area contributed by atoms with E-state index in [-0.39, 0.29) is 29.7 Å². The Kier molecular flexibility index (Phi) is 17.6. The second-order valence-corrected chi connectivity index (χ2v) is 21.2. The number of carbonyl (C=O) groups is 3. The standard InChI is InChI=1S/C28H28IN3O3.C15H10INO2.C13H20N2O2/c1-28(2,3)35-27(34)32(4)17-18-10-13-21(14-11-18)30-25(19-8-6-5-7-9-19)24-22-15-12-20(29)16-23(22)31-26(24)33;16-10-6-7-11-12(8-10)17-15(19)13(11)14(18)9-4-2-1-3-5-9;1-13(2,3)17-12(16)15(4)9-10-5-7-11(14)8-6-10/h5-16,31,33H,17H2,1-4H3;1-8,17,19H;5-8H,9,14H2,1-4H3. The molecule has 6 aromatic carbocycles. The van der Waals surface area contributed by atoms with Crippen LogP contribution in [0.1, 0.15) is 79.7 Å². The number of benzene rings is 6. The maximum Gasteiger partial charge on any atom is 0.410 e. The largest absolute Gasteiger partial charge is 0.494 e. The third-order valence-corrected chi connectivity index (χ3v) is 11.8. The van der Waals surface area contributed by atoms with Crippen molar-refractivity contribution < 1.29 is 34.1 Å². The van der Waals surface area contributed by atoms with Crippen molar-refractivity contribution in [1.82, 2.24) is 19.8 Å². The molecule has 6 N–H and O–H groups in total. The van der Waals surface area contributed by atoms with E-state index in [0.717, 1.165) is 51.3 Å². The quantitative estimate of drug-likeness (QED) is 0.0409. The van der Waals surface area contributed by atoms with Gasteiger partial charge in [0.2, 0.25) is 5.88 Å². The number of nitrogens with one attached hydrogen (secondary N) is 2. The zero-order valence-corrected chi connectivity index (χ0v) is 45.2. The van der Waals surface area contributed by atoms with Gasteiger partial charge in [-0.25, -0.2) is 14.6 Å². The van der Waals surface area contributed by atoms with Gasteiger partial charge in [-0.3, -0.25) is 4.79 Å². The highest BCUT2D eigenvalue weighted by molar-refractivity contribution is 14.1. The Labute approximate surface area is 441 Å². The first-order valence-corrected chi connectivity index (χ1v) is 24.8. The molecule has 0 unspecified atom stereocenters. The van der Waals surface area contributed by atoms with E-state index < -0.39 is 11.2 Å². The fourth-order valence-corrected chi connectivity index (χ4v) is 8.14. The third kappa shape index (κ3) is 15.1. The molecule has 2 heterocycles. The number of nitrogens with zero attached hydrogens (tertiary/aromatic N) is 3. The summed E-state index contributed by atoms with van der Waals surface area (Å²) < 4.78 is 12.8. The van der Waals surface area contributed by atoms with Crippen molar-refractivity contribution in [3.05, 3.63) is 186 Å². The number of hydrogen-bond donors (Lipinski definition) is 5. The fourth-order valence-electron chi connectivity index (χ4n) is 7.16. The Morgan fingerprint density at radius 2 is 0.986 bits per heavy atom. The molecule has 0 atom stereocenters. The van der Waals surface area contributed by atoms with Gasteiger partial charge in [-0.1, -0.05) is 97.1 Å². The second kappa shape index (κ2) is 23.4. The maximum absolute atomic E-state index is 12.4. The molecule has 0 aliphatic carbocycles. The number of aliphatic imine (C=N–C) groups is 1. The molecule has 15 heteroatoms. The van der Waals surface area contributed by atoms with Crippen molar-refractivity contribution in [2.75, 3.05) is 19.8 Å². The van der Waals surface area contributed by atoms with Crippen molar-refractivity contribution >= 4 is 102 Å². The summed E-state index contributed by atoms with van der Waals surface area (Å²) in [6, 6.07) is 45.6. The molecule has 368 valence electrons. The number of aromatic hydroxyl groups is 2. The molecule has 0 saturated heterocycles. The number of aromatic amines is 2. The van der Waals surface area contributed by atoms with Crippen molar-refractivity contribution in [2.24, 2.45) is 4.99 Å². The zero-order chi connectivity index (χ0) is 51.6. The molecular formula is C56H58I2N6O7. The number of nitrogen functional groups attached to an aromatic ring is 1. The minimum absolute atomic E-state index is 0.0779. The number of H-pyrrole nitrogens is 2. The van der Waals surface area contributed by atoms with Crippen LogP contribution in [-0.4, -0.2) is 79.0 Å². The van der Waals surface area contributed by atoms with Crippen LogP contribution >= 0.6 is 45.2 Å². The maximum atomic E-state index is 12.4. The molecule has 71 heavy (non-hydrogen) atoms. The summed E-state index contributed by atoms with van der Waals surface area (Å²) in [5.74, 6) is -0.170. The molecule has 0 aliphatic rings. The normalized spacial score (nSPS) is 11.5. The number of amides is 2. The highest BCUT2D eigenvalue weighted by Gasteiger charge is 2.23. The van der Waals surface area contributed by atoms with Gasteiger partial charge in [0.1, 0.15) is 11.2 Å². The van der Waals surface area contributed by atoms with E-state index in [0.29, 0.717) is 41.2 Å². The highest BCUT2D eigenvalue weighted by Crippen LogP contribution is 2.33. The van der Waals surface area contributed by atoms with Crippen LogP contribution in [0, 0.1) is 7.14 Å². The summed E-state index contributed by atoms with van der Waals surface area (Å²) in [7, 11) is 3.43. The van der Waals surface area contributed by atoms with E-state index in [1.54, 1.807) is 31.1 Å². The predicted octanol–water partition coefficient (Wildman–Crippen LogP) is 13.4. The first-order chi connectivity index (χ1) is 33.5. The van der Waals surface area contributed by atoms with E-state index in [1.165, 1.54) is 4.90 Å². The Morgan fingerprint density at radius 1 is 0.577 bits per heavy atom. The van der Waals surface area contributed by atoms with Gasteiger partial charge in [0.05, 0.1) is 33.6 Å². The molecule has 0 fully saturated rings. The number of anilines is 1. The zero-order valence-electron chi connectivity index (χ0n) is 40.9. The van der Waals surface area contributed by atoms with E-state index in [2.05, 4.69) is 55.1 Å². The first kappa shape index (κ1) is 53.5. The highest BCUT2D eigenvalue weighted by atomic mass is 127. The summed E-state index contributed by atoms with van der Waals surface area (Å²) in [5.41, 5.74) is 12.8. The summed E-state index contributed by atoms with van der Waals surface area (Å²) >= 11 is 4.44. The molecule has 13 nitrogen and oxygen atoms in total. The average molecular weight is 1180 g/mol. The average Bonchev–Trinajstić information content (AvgIpc) is 3.82. The minimum Gasteiger partial charge on any atom is -0.494 e. The molecule has 2 aromatic heterocycles.